The lowest BCUT2D eigenvalue weighted by Gasteiger charge is -2.20. The SMILES string of the molecule is CC(C)C[C@H](NC(=O)C1CC(c2cccc(-c3ccccc3)c2)=NO1)B(O)O. The highest BCUT2D eigenvalue weighted by atomic mass is 16.6. The Bertz CT molecular complexity index is 839. The number of nitrogens with one attached hydrogen (secondary N) is 1. The first-order chi connectivity index (χ1) is 13.4. The number of carbonyl (C=O) groups is 1. The third-order valence-electron chi connectivity index (χ3n) is 4.68. The number of oxime groups is 1. The van der Waals surface area contributed by atoms with E-state index >= 15 is 0 Å². The van der Waals surface area contributed by atoms with E-state index in [-0.39, 0.29) is 5.92 Å². The Labute approximate surface area is 165 Å². The van der Waals surface area contributed by atoms with E-state index in [1.54, 1.807) is 0 Å². The largest absolute Gasteiger partial charge is 0.475 e. The number of rotatable bonds is 7. The molecule has 146 valence electrons. The van der Waals surface area contributed by atoms with Gasteiger partial charge in [0, 0.05) is 12.0 Å². The summed E-state index contributed by atoms with van der Waals surface area (Å²) in [6.45, 7) is 3.91. The lowest BCUT2D eigenvalue weighted by atomic mass is 9.75. The molecule has 0 saturated carbocycles. The standard InChI is InChI=1S/C21H25BN2O4/c1-14(2)11-20(22(26)27)23-21(25)19-13-18(24-28-19)17-10-6-9-16(12-17)15-7-4-3-5-8-15/h3-10,12,14,19-20,26-27H,11,13H2,1-2H3,(H,23,25)/t19?,20-/m0/s1. The number of carbonyl (C=O) groups excluding carboxylic acids is 1. The van der Waals surface area contributed by atoms with Gasteiger partial charge >= 0.3 is 7.12 Å². The molecule has 28 heavy (non-hydrogen) atoms. The van der Waals surface area contributed by atoms with Gasteiger partial charge in [-0.2, -0.15) is 0 Å². The molecule has 0 saturated heterocycles. The first kappa shape index (κ1) is 20.1. The summed E-state index contributed by atoms with van der Waals surface area (Å²) in [5.41, 5.74) is 3.76. The van der Waals surface area contributed by atoms with E-state index in [2.05, 4.69) is 10.5 Å². The van der Waals surface area contributed by atoms with Crippen molar-refractivity contribution < 1.29 is 19.7 Å². The molecule has 0 fully saturated rings. The maximum atomic E-state index is 12.5. The van der Waals surface area contributed by atoms with E-state index in [1.165, 1.54) is 0 Å². The highest BCUT2D eigenvalue weighted by Gasteiger charge is 2.33. The summed E-state index contributed by atoms with van der Waals surface area (Å²) in [6.07, 6.45) is 0.0203. The third kappa shape index (κ3) is 5.00. The van der Waals surface area contributed by atoms with Crippen molar-refractivity contribution in [1.82, 2.24) is 5.32 Å². The molecule has 1 heterocycles. The van der Waals surface area contributed by atoms with Crippen LogP contribution in [0.15, 0.2) is 59.8 Å². The van der Waals surface area contributed by atoms with Crippen LogP contribution in [0.3, 0.4) is 0 Å². The minimum atomic E-state index is -1.62. The van der Waals surface area contributed by atoms with E-state index in [0.717, 1.165) is 16.7 Å². The minimum absolute atomic E-state index is 0.212. The van der Waals surface area contributed by atoms with Crippen LogP contribution in [0.25, 0.3) is 11.1 Å². The Kier molecular flexibility index (Phi) is 6.49. The van der Waals surface area contributed by atoms with Gasteiger partial charge < -0.3 is 20.2 Å². The number of benzene rings is 2. The smallest absolute Gasteiger partial charge is 0.426 e. The van der Waals surface area contributed by atoms with Crippen molar-refractivity contribution in [3.8, 4) is 11.1 Å². The van der Waals surface area contributed by atoms with Crippen molar-refractivity contribution in [3.63, 3.8) is 0 Å². The first-order valence-electron chi connectivity index (χ1n) is 9.49. The predicted molar refractivity (Wildman–Crippen MR) is 109 cm³/mol. The number of hydrogen-bond acceptors (Lipinski definition) is 5. The van der Waals surface area contributed by atoms with Gasteiger partial charge in [0.25, 0.3) is 5.91 Å². The van der Waals surface area contributed by atoms with Crippen LogP contribution in [-0.2, 0) is 9.63 Å². The molecule has 0 spiro atoms. The Morgan fingerprint density at radius 3 is 2.50 bits per heavy atom. The summed E-state index contributed by atoms with van der Waals surface area (Å²) in [6, 6.07) is 18.0. The number of amides is 1. The van der Waals surface area contributed by atoms with Crippen molar-refractivity contribution in [1.29, 1.82) is 0 Å². The van der Waals surface area contributed by atoms with E-state index < -0.39 is 25.1 Å². The second-order valence-electron chi connectivity index (χ2n) is 7.44. The third-order valence-corrected chi connectivity index (χ3v) is 4.68. The summed E-state index contributed by atoms with van der Waals surface area (Å²) in [5, 5.41) is 25.7. The summed E-state index contributed by atoms with van der Waals surface area (Å²) in [7, 11) is -1.62. The van der Waals surface area contributed by atoms with E-state index in [9.17, 15) is 14.8 Å². The van der Waals surface area contributed by atoms with Crippen LogP contribution >= 0.6 is 0 Å². The van der Waals surface area contributed by atoms with Crippen LogP contribution in [0.2, 0.25) is 0 Å². The highest BCUT2D eigenvalue weighted by molar-refractivity contribution is 6.43. The maximum absolute atomic E-state index is 12.5. The van der Waals surface area contributed by atoms with Gasteiger partial charge in [0.05, 0.1) is 11.7 Å². The van der Waals surface area contributed by atoms with Gasteiger partial charge in [0.15, 0.2) is 0 Å². The van der Waals surface area contributed by atoms with Crippen LogP contribution in [0, 0.1) is 5.92 Å². The average Bonchev–Trinajstić information content (AvgIpc) is 3.18. The van der Waals surface area contributed by atoms with Crippen LogP contribution in [0.5, 0.6) is 0 Å². The molecular weight excluding hydrogens is 355 g/mol. The molecule has 6 nitrogen and oxygen atoms in total. The van der Waals surface area contributed by atoms with Gasteiger partial charge in [-0.25, -0.2) is 0 Å². The molecule has 7 heteroatoms. The Hall–Kier alpha value is -2.64. The molecule has 0 bridgehead atoms. The summed E-state index contributed by atoms with van der Waals surface area (Å²) < 4.78 is 0. The lowest BCUT2D eigenvalue weighted by Crippen LogP contribution is -2.50. The van der Waals surface area contributed by atoms with Gasteiger partial charge in [-0.3, -0.25) is 4.79 Å². The molecule has 2 aromatic rings. The monoisotopic (exact) mass is 380 g/mol. The van der Waals surface area contributed by atoms with Gasteiger partial charge in [0.2, 0.25) is 6.10 Å². The van der Waals surface area contributed by atoms with E-state index in [0.29, 0.717) is 18.6 Å². The fraction of sp³-hybridized carbons (Fsp3) is 0.333. The molecule has 3 N–H and O–H groups in total. The van der Waals surface area contributed by atoms with E-state index in [4.69, 9.17) is 4.84 Å². The number of hydrogen-bond donors (Lipinski definition) is 3. The fourth-order valence-electron chi connectivity index (χ4n) is 3.24. The molecule has 1 amide bonds. The Morgan fingerprint density at radius 2 is 1.82 bits per heavy atom. The van der Waals surface area contributed by atoms with Crippen LogP contribution in [0.1, 0.15) is 32.3 Å². The predicted octanol–water partition coefficient (Wildman–Crippen LogP) is 2.39. The number of nitrogens with zero attached hydrogens (tertiary/aromatic N) is 1. The molecule has 1 aliphatic heterocycles. The van der Waals surface area contributed by atoms with Crippen LogP contribution in [0.4, 0.5) is 0 Å². The fourth-order valence-corrected chi connectivity index (χ4v) is 3.24. The molecular formula is C21H25BN2O4. The quantitative estimate of drug-likeness (QED) is 0.644. The molecule has 1 aliphatic rings. The summed E-state index contributed by atoms with van der Waals surface area (Å²) in [5.74, 6) is -0.914. The molecule has 2 aromatic carbocycles. The van der Waals surface area contributed by atoms with Crippen molar-refractivity contribution in [2.75, 3.05) is 0 Å². The zero-order chi connectivity index (χ0) is 20.1. The lowest BCUT2D eigenvalue weighted by molar-refractivity contribution is -0.131. The first-order valence-corrected chi connectivity index (χ1v) is 9.49. The van der Waals surface area contributed by atoms with Crippen molar-refractivity contribution in [2.24, 2.45) is 11.1 Å². The van der Waals surface area contributed by atoms with E-state index in [1.807, 2.05) is 68.4 Å². The van der Waals surface area contributed by atoms with Gasteiger partial charge in [-0.05, 0) is 29.5 Å². The molecule has 0 aliphatic carbocycles. The molecule has 0 radical (unpaired) electrons. The molecule has 1 unspecified atom stereocenters. The summed E-state index contributed by atoms with van der Waals surface area (Å²) in [4.78, 5) is 17.8. The van der Waals surface area contributed by atoms with Crippen molar-refractivity contribution in [3.05, 3.63) is 60.2 Å². The van der Waals surface area contributed by atoms with Crippen LogP contribution < -0.4 is 5.32 Å². The molecule has 0 aromatic heterocycles. The zero-order valence-corrected chi connectivity index (χ0v) is 16.1. The van der Waals surface area contributed by atoms with Crippen LogP contribution in [-0.4, -0.2) is 40.8 Å². The average molecular weight is 380 g/mol. The molecule has 3 rings (SSSR count). The topological polar surface area (TPSA) is 91.2 Å². The Balaban J connectivity index is 1.66. The van der Waals surface area contributed by atoms with Gasteiger partial charge in [-0.1, -0.05) is 67.5 Å². The highest BCUT2D eigenvalue weighted by Crippen LogP contribution is 2.23. The van der Waals surface area contributed by atoms with Crippen molar-refractivity contribution >= 4 is 18.7 Å². The Morgan fingerprint density at radius 1 is 1.14 bits per heavy atom. The molecule has 2 atom stereocenters. The second-order valence-corrected chi connectivity index (χ2v) is 7.44. The van der Waals surface area contributed by atoms with Gasteiger partial charge in [0.1, 0.15) is 0 Å². The normalized spacial score (nSPS) is 17.0. The minimum Gasteiger partial charge on any atom is -0.426 e. The second kappa shape index (κ2) is 9.04. The zero-order valence-electron chi connectivity index (χ0n) is 16.1. The summed E-state index contributed by atoms with van der Waals surface area (Å²) >= 11 is 0. The van der Waals surface area contributed by atoms with Gasteiger partial charge in [-0.15, -0.1) is 0 Å². The van der Waals surface area contributed by atoms with Crippen molar-refractivity contribution in [2.45, 2.75) is 38.7 Å². The maximum Gasteiger partial charge on any atom is 0.475 e.